The monoisotopic (exact) mass is 455 g/mol. The zero-order valence-electron chi connectivity index (χ0n) is 19.3. The molecule has 2 aliphatic heterocycles. The molecule has 1 amide bonds. The van der Waals surface area contributed by atoms with Crippen LogP contribution in [0.2, 0.25) is 0 Å². The Labute approximate surface area is 191 Å². The molecule has 2 heterocycles. The van der Waals surface area contributed by atoms with E-state index in [2.05, 4.69) is 36.9 Å². The Morgan fingerprint density at radius 2 is 1.59 bits per heavy atom. The maximum absolute atomic E-state index is 13.0. The largest absolute Gasteiger partial charge is 0.368 e. The molecule has 0 aliphatic carbocycles. The molecule has 1 unspecified atom stereocenters. The zero-order chi connectivity index (χ0) is 22.9. The van der Waals surface area contributed by atoms with Crippen molar-refractivity contribution in [3.63, 3.8) is 0 Å². The Kier molecular flexibility index (Phi) is 6.58. The summed E-state index contributed by atoms with van der Waals surface area (Å²) in [5, 5.41) is 0. The molecule has 0 aromatic heterocycles. The van der Waals surface area contributed by atoms with Crippen LogP contribution in [0.1, 0.15) is 47.7 Å². The summed E-state index contributed by atoms with van der Waals surface area (Å²) in [5.74, 6) is -0.0408. The molecule has 2 aromatic carbocycles. The third-order valence-corrected chi connectivity index (χ3v) is 8.96. The molecule has 32 heavy (non-hydrogen) atoms. The normalized spacial score (nSPS) is 20.4. The standard InChI is InChI=1S/C25H33N3O3S/c1-19-7-6-9-24(21(19)3)26-15-17-27(18-16-26)25(29)22-10-12-23(13-11-22)32(30,31)28-14-5-4-8-20(28)2/h6-7,9-13,20H,4-5,8,14-18H2,1-3H3. The van der Waals surface area contributed by atoms with Crippen LogP contribution in [0, 0.1) is 13.8 Å². The highest BCUT2D eigenvalue weighted by Gasteiger charge is 2.31. The zero-order valence-corrected chi connectivity index (χ0v) is 20.1. The lowest BCUT2D eigenvalue weighted by molar-refractivity contribution is 0.0746. The second-order valence-corrected chi connectivity index (χ2v) is 10.9. The molecule has 0 N–H and O–H groups in total. The minimum atomic E-state index is -3.52. The smallest absolute Gasteiger partial charge is 0.253 e. The highest BCUT2D eigenvalue weighted by molar-refractivity contribution is 7.89. The number of carbonyl (C=O) groups is 1. The van der Waals surface area contributed by atoms with E-state index in [-0.39, 0.29) is 16.8 Å². The highest BCUT2D eigenvalue weighted by Crippen LogP contribution is 2.26. The second kappa shape index (κ2) is 9.24. The third kappa shape index (κ3) is 4.41. The minimum absolute atomic E-state index is 0.0170. The maximum atomic E-state index is 13.0. The number of nitrogens with zero attached hydrogens (tertiary/aromatic N) is 3. The summed E-state index contributed by atoms with van der Waals surface area (Å²) in [6.07, 6.45) is 2.86. The molecule has 2 saturated heterocycles. The van der Waals surface area contributed by atoms with Crippen molar-refractivity contribution in [2.45, 2.75) is 51.0 Å². The lowest BCUT2D eigenvalue weighted by Gasteiger charge is -2.37. The molecule has 0 radical (unpaired) electrons. The van der Waals surface area contributed by atoms with Crippen LogP contribution in [0.5, 0.6) is 0 Å². The van der Waals surface area contributed by atoms with Gasteiger partial charge in [0.2, 0.25) is 10.0 Å². The number of sulfonamides is 1. The van der Waals surface area contributed by atoms with Gasteiger partial charge in [-0.05, 0) is 75.1 Å². The molecule has 0 bridgehead atoms. The Morgan fingerprint density at radius 3 is 2.25 bits per heavy atom. The minimum Gasteiger partial charge on any atom is -0.368 e. The summed E-state index contributed by atoms with van der Waals surface area (Å²) in [7, 11) is -3.52. The second-order valence-electron chi connectivity index (χ2n) is 8.98. The summed E-state index contributed by atoms with van der Waals surface area (Å²) in [5.41, 5.74) is 4.33. The van der Waals surface area contributed by atoms with Gasteiger partial charge in [-0.1, -0.05) is 18.6 Å². The van der Waals surface area contributed by atoms with Crippen molar-refractivity contribution in [1.29, 1.82) is 0 Å². The van der Waals surface area contributed by atoms with E-state index in [1.165, 1.54) is 16.8 Å². The van der Waals surface area contributed by atoms with Crippen molar-refractivity contribution >= 4 is 21.6 Å². The van der Waals surface area contributed by atoms with E-state index in [4.69, 9.17) is 0 Å². The number of hydrogen-bond donors (Lipinski definition) is 0. The van der Waals surface area contributed by atoms with Crippen molar-refractivity contribution in [2.24, 2.45) is 0 Å². The Morgan fingerprint density at radius 1 is 0.906 bits per heavy atom. The van der Waals surface area contributed by atoms with Crippen LogP contribution >= 0.6 is 0 Å². The molecule has 2 aromatic rings. The van der Waals surface area contributed by atoms with Crippen molar-refractivity contribution in [3.05, 3.63) is 59.2 Å². The van der Waals surface area contributed by atoms with Crippen LogP contribution in [-0.4, -0.2) is 62.3 Å². The number of rotatable bonds is 4. The third-order valence-electron chi connectivity index (χ3n) is 6.93. The number of benzene rings is 2. The molecule has 4 rings (SSSR count). The molecule has 0 saturated carbocycles. The van der Waals surface area contributed by atoms with E-state index in [1.807, 2.05) is 11.8 Å². The average Bonchev–Trinajstić information content (AvgIpc) is 2.81. The Bertz CT molecular complexity index is 1070. The van der Waals surface area contributed by atoms with Gasteiger partial charge >= 0.3 is 0 Å². The molecular formula is C25H33N3O3S. The maximum Gasteiger partial charge on any atom is 0.253 e. The Balaban J connectivity index is 1.42. The number of anilines is 1. The highest BCUT2D eigenvalue weighted by atomic mass is 32.2. The molecule has 7 heteroatoms. The van der Waals surface area contributed by atoms with Gasteiger partial charge < -0.3 is 9.80 Å². The summed E-state index contributed by atoms with van der Waals surface area (Å²) in [6, 6.07) is 12.8. The predicted molar refractivity (Wildman–Crippen MR) is 128 cm³/mol. The van der Waals surface area contributed by atoms with Gasteiger partial charge in [0.25, 0.3) is 5.91 Å². The number of amides is 1. The number of hydrogen-bond acceptors (Lipinski definition) is 4. The van der Waals surface area contributed by atoms with Crippen LogP contribution in [-0.2, 0) is 10.0 Å². The van der Waals surface area contributed by atoms with Gasteiger partial charge in [0.1, 0.15) is 0 Å². The molecule has 0 spiro atoms. The Hall–Kier alpha value is -2.38. The quantitative estimate of drug-likeness (QED) is 0.703. The molecular weight excluding hydrogens is 422 g/mol. The van der Waals surface area contributed by atoms with Gasteiger partial charge in [-0.2, -0.15) is 4.31 Å². The van der Waals surface area contributed by atoms with E-state index >= 15 is 0 Å². The summed E-state index contributed by atoms with van der Waals surface area (Å²) in [4.78, 5) is 17.5. The van der Waals surface area contributed by atoms with Crippen LogP contribution in [0.25, 0.3) is 0 Å². The number of piperazine rings is 1. The average molecular weight is 456 g/mol. The number of piperidine rings is 1. The van der Waals surface area contributed by atoms with Gasteiger partial charge in [-0.25, -0.2) is 8.42 Å². The topological polar surface area (TPSA) is 60.9 Å². The fourth-order valence-corrected chi connectivity index (χ4v) is 6.44. The van der Waals surface area contributed by atoms with E-state index in [0.717, 1.165) is 32.4 Å². The first-order valence-corrected chi connectivity index (χ1v) is 13.0. The number of carbonyl (C=O) groups excluding carboxylic acids is 1. The first-order chi connectivity index (χ1) is 15.3. The fourth-order valence-electron chi connectivity index (χ4n) is 4.74. The molecule has 6 nitrogen and oxygen atoms in total. The SMILES string of the molecule is Cc1cccc(N2CCN(C(=O)c3ccc(S(=O)(=O)N4CCCCC4C)cc3)CC2)c1C. The van der Waals surface area contributed by atoms with E-state index in [1.54, 1.807) is 28.6 Å². The van der Waals surface area contributed by atoms with Crippen LogP contribution in [0.15, 0.2) is 47.4 Å². The van der Waals surface area contributed by atoms with E-state index in [9.17, 15) is 13.2 Å². The molecule has 172 valence electrons. The van der Waals surface area contributed by atoms with E-state index < -0.39 is 10.0 Å². The molecule has 1 atom stereocenters. The lowest BCUT2D eigenvalue weighted by atomic mass is 10.1. The van der Waals surface area contributed by atoms with Crippen LogP contribution < -0.4 is 4.90 Å². The van der Waals surface area contributed by atoms with Gasteiger partial charge in [0.05, 0.1) is 4.90 Å². The van der Waals surface area contributed by atoms with Gasteiger partial charge in [0, 0.05) is 50.0 Å². The molecule has 2 aliphatic rings. The van der Waals surface area contributed by atoms with Crippen molar-refractivity contribution < 1.29 is 13.2 Å². The van der Waals surface area contributed by atoms with Crippen LogP contribution in [0.3, 0.4) is 0 Å². The first kappa shape index (κ1) is 22.8. The fraction of sp³-hybridized carbons (Fsp3) is 0.480. The van der Waals surface area contributed by atoms with Crippen molar-refractivity contribution in [2.75, 3.05) is 37.6 Å². The van der Waals surface area contributed by atoms with Gasteiger partial charge in [-0.3, -0.25) is 4.79 Å². The summed E-state index contributed by atoms with van der Waals surface area (Å²) < 4.78 is 27.7. The van der Waals surface area contributed by atoms with Gasteiger partial charge in [-0.15, -0.1) is 0 Å². The number of aryl methyl sites for hydroxylation is 1. The predicted octanol–water partition coefficient (Wildman–Crippen LogP) is 3.83. The summed E-state index contributed by atoms with van der Waals surface area (Å²) >= 11 is 0. The van der Waals surface area contributed by atoms with Crippen LogP contribution in [0.4, 0.5) is 5.69 Å². The molecule has 2 fully saturated rings. The lowest BCUT2D eigenvalue weighted by Crippen LogP contribution is -2.49. The van der Waals surface area contributed by atoms with Gasteiger partial charge in [0.15, 0.2) is 0 Å². The summed E-state index contributed by atoms with van der Waals surface area (Å²) in [6.45, 7) is 9.66. The van der Waals surface area contributed by atoms with Crippen molar-refractivity contribution in [3.8, 4) is 0 Å². The first-order valence-electron chi connectivity index (χ1n) is 11.5. The van der Waals surface area contributed by atoms with Crippen molar-refractivity contribution in [1.82, 2.24) is 9.21 Å². The van der Waals surface area contributed by atoms with E-state index in [0.29, 0.717) is 25.2 Å².